The van der Waals surface area contributed by atoms with Gasteiger partial charge in [0.2, 0.25) is 0 Å². The van der Waals surface area contributed by atoms with Crippen LogP contribution in [0.1, 0.15) is 30.6 Å². The molecule has 8 heteroatoms. The predicted octanol–water partition coefficient (Wildman–Crippen LogP) is 2.84. The van der Waals surface area contributed by atoms with Crippen molar-refractivity contribution in [2.75, 3.05) is 0 Å². The zero-order valence-corrected chi connectivity index (χ0v) is 13.2. The van der Waals surface area contributed by atoms with E-state index in [1.807, 2.05) is 6.92 Å². The number of benzene rings is 1. The van der Waals surface area contributed by atoms with Gasteiger partial charge in [0.15, 0.2) is 12.4 Å². The highest BCUT2D eigenvalue weighted by molar-refractivity contribution is 8.13. The molecule has 2 aromatic rings. The molecule has 1 aromatic heterocycles. The van der Waals surface area contributed by atoms with E-state index in [-0.39, 0.29) is 11.5 Å². The van der Waals surface area contributed by atoms with Crippen LogP contribution in [0.5, 0.6) is 5.75 Å². The third kappa shape index (κ3) is 4.18. The Labute approximate surface area is 127 Å². The van der Waals surface area contributed by atoms with Gasteiger partial charge in [-0.2, -0.15) is 4.98 Å². The molecule has 0 aliphatic heterocycles. The fraction of sp³-hybridized carbons (Fsp3) is 0.385. The first kappa shape index (κ1) is 15.8. The van der Waals surface area contributed by atoms with Gasteiger partial charge in [-0.05, 0) is 37.1 Å². The Morgan fingerprint density at radius 3 is 2.76 bits per heavy atom. The first-order valence-corrected chi connectivity index (χ1v) is 8.70. The lowest BCUT2D eigenvalue weighted by Crippen LogP contribution is -1.99. The number of aromatic nitrogens is 2. The van der Waals surface area contributed by atoms with Crippen molar-refractivity contribution >= 4 is 19.7 Å². The normalized spacial score (nSPS) is 11.6. The third-order valence-corrected chi connectivity index (χ3v) is 4.11. The molecule has 2 rings (SSSR count). The molecule has 0 atom stereocenters. The van der Waals surface area contributed by atoms with E-state index in [2.05, 4.69) is 10.1 Å². The summed E-state index contributed by atoms with van der Waals surface area (Å²) in [4.78, 5) is 4.22. The Morgan fingerprint density at radius 1 is 1.38 bits per heavy atom. The summed E-state index contributed by atoms with van der Waals surface area (Å²) in [7, 11) is 1.55. The van der Waals surface area contributed by atoms with Crippen molar-refractivity contribution in [3.05, 3.63) is 35.5 Å². The molecule has 0 bridgehead atoms. The summed E-state index contributed by atoms with van der Waals surface area (Å²) in [6.07, 6.45) is 1.69. The second-order valence-corrected chi connectivity index (χ2v) is 7.07. The van der Waals surface area contributed by atoms with E-state index >= 15 is 0 Å². The summed E-state index contributed by atoms with van der Waals surface area (Å²) in [6, 6.07) is 4.39. The lowest BCUT2D eigenvalue weighted by molar-refractivity contribution is 0.241. The number of hydrogen-bond acceptors (Lipinski definition) is 6. The largest absolute Gasteiger partial charge is 0.483 e. The Kier molecular flexibility index (Phi) is 4.84. The van der Waals surface area contributed by atoms with E-state index in [9.17, 15) is 8.42 Å². The van der Waals surface area contributed by atoms with Crippen molar-refractivity contribution in [2.24, 2.45) is 0 Å². The summed E-state index contributed by atoms with van der Waals surface area (Å²) in [5.41, 5.74) is 0.657. The summed E-state index contributed by atoms with van der Waals surface area (Å²) in [5, 5.41) is 3.82. The van der Waals surface area contributed by atoms with Crippen LogP contribution in [0, 0.1) is 6.92 Å². The maximum atomic E-state index is 11.2. The fourth-order valence-corrected chi connectivity index (χ4v) is 2.58. The van der Waals surface area contributed by atoms with Crippen LogP contribution in [0.4, 0.5) is 0 Å². The van der Waals surface area contributed by atoms with Gasteiger partial charge >= 0.3 is 0 Å². The second kappa shape index (κ2) is 6.44. The number of nitrogens with zero attached hydrogens (tertiary/aromatic N) is 2. The smallest absolute Gasteiger partial charge is 0.264 e. The van der Waals surface area contributed by atoms with Crippen molar-refractivity contribution < 1.29 is 17.7 Å². The molecule has 0 saturated heterocycles. The van der Waals surface area contributed by atoms with E-state index in [0.717, 1.165) is 12.8 Å². The maximum absolute atomic E-state index is 11.2. The van der Waals surface area contributed by atoms with E-state index < -0.39 is 9.05 Å². The molecule has 0 N–H and O–H groups in total. The van der Waals surface area contributed by atoms with Gasteiger partial charge in [-0.3, -0.25) is 0 Å². The van der Waals surface area contributed by atoms with Crippen LogP contribution < -0.4 is 4.74 Å². The molecular formula is C13H15ClN2O4S. The van der Waals surface area contributed by atoms with Crippen LogP contribution in [0.2, 0.25) is 0 Å². The van der Waals surface area contributed by atoms with Crippen LogP contribution in [-0.4, -0.2) is 18.6 Å². The lowest BCUT2D eigenvalue weighted by atomic mass is 10.2. The fourth-order valence-electron chi connectivity index (χ4n) is 1.75. The van der Waals surface area contributed by atoms with Crippen LogP contribution in [0.15, 0.2) is 27.6 Å². The molecule has 0 spiro atoms. The van der Waals surface area contributed by atoms with Crippen molar-refractivity contribution in [2.45, 2.75) is 38.2 Å². The first-order valence-electron chi connectivity index (χ1n) is 6.39. The average Bonchev–Trinajstić information content (AvgIpc) is 2.84. The standard InChI is InChI=1S/C13H15ClN2O4S/c1-3-4-12-15-13(20-16-12)8-19-11-6-5-10(7-9(11)2)21(14,17)18/h5-7H,3-4,8H2,1-2H3. The summed E-state index contributed by atoms with van der Waals surface area (Å²) >= 11 is 0. The molecule has 0 saturated carbocycles. The van der Waals surface area contributed by atoms with Crippen LogP contribution in [0.3, 0.4) is 0 Å². The number of aryl methyl sites for hydroxylation is 2. The van der Waals surface area contributed by atoms with E-state index in [1.165, 1.54) is 12.1 Å². The Morgan fingerprint density at radius 2 is 2.14 bits per heavy atom. The summed E-state index contributed by atoms with van der Waals surface area (Å²) in [5.74, 6) is 1.57. The van der Waals surface area contributed by atoms with Gasteiger partial charge < -0.3 is 9.26 Å². The van der Waals surface area contributed by atoms with Crippen LogP contribution in [0.25, 0.3) is 0 Å². The molecule has 0 aliphatic rings. The van der Waals surface area contributed by atoms with Gasteiger partial charge in [0.25, 0.3) is 14.9 Å². The average molecular weight is 331 g/mol. The predicted molar refractivity (Wildman–Crippen MR) is 76.8 cm³/mol. The zero-order valence-electron chi connectivity index (χ0n) is 11.7. The van der Waals surface area contributed by atoms with Gasteiger partial charge in [0.05, 0.1) is 4.90 Å². The number of halogens is 1. The van der Waals surface area contributed by atoms with E-state index in [4.69, 9.17) is 19.9 Å². The molecule has 0 amide bonds. The first-order chi connectivity index (χ1) is 9.90. The van der Waals surface area contributed by atoms with E-state index in [1.54, 1.807) is 13.0 Å². The molecule has 6 nitrogen and oxygen atoms in total. The second-order valence-electron chi connectivity index (χ2n) is 4.51. The van der Waals surface area contributed by atoms with Gasteiger partial charge in [-0.15, -0.1) is 0 Å². The highest BCUT2D eigenvalue weighted by Crippen LogP contribution is 2.24. The van der Waals surface area contributed by atoms with Gasteiger partial charge in [0, 0.05) is 17.1 Å². The topological polar surface area (TPSA) is 82.3 Å². The minimum atomic E-state index is -3.74. The van der Waals surface area contributed by atoms with Crippen molar-refractivity contribution in [1.82, 2.24) is 10.1 Å². The summed E-state index contributed by atoms with van der Waals surface area (Å²) < 4.78 is 33.1. The third-order valence-electron chi connectivity index (χ3n) is 2.76. The molecule has 114 valence electrons. The molecule has 0 fully saturated rings. The molecule has 21 heavy (non-hydrogen) atoms. The number of hydrogen-bond donors (Lipinski definition) is 0. The Hall–Kier alpha value is -1.60. The van der Waals surface area contributed by atoms with Crippen molar-refractivity contribution in [3.8, 4) is 5.75 Å². The van der Waals surface area contributed by atoms with Gasteiger partial charge in [-0.25, -0.2) is 8.42 Å². The minimum absolute atomic E-state index is 0.0389. The van der Waals surface area contributed by atoms with Crippen molar-refractivity contribution in [1.29, 1.82) is 0 Å². The molecule has 1 heterocycles. The van der Waals surface area contributed by atoms with E-state index in [0.29, 0.717) is 23.0 Å². The van der Waals surface area contributed by atoms with Gasteiger partial charge in [-0.1, -0.05) is 12.1 Å². The minimum Gasteiger partial charge on any atom is -0.483 e. The molecule has 0 unspecified atom stereocenters. The van der Waals surface area contributed by atoms with Crippen LogP contribution in [-0.2, 0) is 22.1 Å². The molecule has 0 aliphatic carbocycles. The quantitative estimate of drug-likeness (QED) is 0.757. The van der Waals surface area contributed by atoms with Crippen molar-refractivity contribution in [3.63, 3.8) is 0 Å². The van der Waals surface area contributed by atoms with Gasteiger partial charge in [0.1, 0.15) is 5.75 Å². The lowest BCUT2D eigenvalue weighted by Gasteiger charge is -2.07. The Bertz CT molecular complexity index is 728. The van der Waals surface area contributed by atoms with Crippen LogP contribution >= 0.6 is 10.7 Å². The number of rotatable bonds is 6. The highest BCUT2D eigenvalue weighted by Gasteiger charge is 2.13. The summed E-state index contributed by atoms with van der Waals surface area (Å²) in [6.45, 7) is 3.89. The SMILES string of the molecule is CCCc1noc(COc2ccc(S(=O)(=O)Cl)cc2C)n1. The molecular weight excluding hydrogens is 316 g/mol. The zero-order chi connectivity index (χ0) is 15.5. The number of ether oxygens (including phenoxy) is 1. The highest BCUT2D eigenvalue weighted by atomic mass is 35.7. The molecule has 0 radical (unpaired) electrons. The maximum Gasteiger partial charge on any atom is 0.264 e. The monoisotopic (exact) mass is 330 g/mol. The molecule has 1 aromatic carbocycles. The Balaban J connectivity index is 2.06.